The average molecular weight is 247 g/mol. The van der Waals surface area contributed by atoms with Crippen molar-refractivity contribution in [3.63, 3.8) is 0 Å². The highest BCUT2D eigenvalue weighted by molar-refractivity contribution is 7.80. The largest absolute Gasteiger partial charge is 0.393 e. The lowest BCUT2D eigenvalue weighted by atomic mass is 10.3. The second kappa shape index (κ2) is 9.50. The van der Waals surface area contributed by atoms with Gasteiger partial charge in [0, 0.05) is 46.6 Å². The maximum absolute atomic E-state index is 11.1. The molecule has 3 N–H and O–H groups in total. The highest BCUT2D eigenvalue weighted by atomic mass is 32.1. The van der Waals surface area contributed by atoms with Gasteiger partial charge < -0.3 is 20.7 Å². The van der Waals surface area contributed by atoms with Gasteiger partial charge in [-0.15, -0.1) is 0 Å². The summed E-state index contributed by atoms with van der Waals surface area (Å²) in [5, 5.41) is 2.59. The number of thiocarbonyl (C=S) groups is 1. The minimum atomic E-state index is 0.0396. The smallest absolute Gasteiger partial charge is 0.221 e. The van der Waals surface area contributed by atoms with Crippen LogP contribution in [0, 0.1) is 0 Å². The first-order valence-corrected chi connectivity index (χ1v) is 5.71. The van der Waals surface area contributed by atoms with Crippen LogP contribution >= 0.6 is 12.2 Å². The van der Waals surface area contributed by atoms with Gasteiger partial charge in [-0.25, -0.2) is 0 Å². The number of hydrogen-bond donors (Lipinski definition) is 2. The molecule has 0 fully saturated rings. The summed E-state index contributed by atoms with van der Waals surface area (Å²) in [4.78, 5) is 13.7. The third-order valence-corrected chi connectivity index (χ3v) is 2.42. The third-order valence-electron chi connectivity index (χ3n) is 2.22. The summed E-state index contributed by atoms with van der Waals surface area (Å²) in [5.41, 5.74) is 5.45. The molecule has 0 aliphatic carbocycles. The predicted molar refractivity (Wildman–Crippen MR) is 68.4 cm³/mol. The molecule has 0 aromatic rings. The van der Waals surface area contributed by atoms with Gasteiger partial charge in [0.05, 0.1) is 11.6 Å². The summed E-state index contributed by atoms with van der Waals surface area (Å²) in [6.07, 6.45) is 1.16. The van der Waals surface area contributed by atoms with E-state index in [1.807, 2.05) is 0 Å². The number of ether oxygens (including phenoxy) is 1. The van der Waals surface area contributed by atoms with E-state index >= 15 is 0 Å². The topological polar surface area (TPSA) is 67.6 Å². The summed E-state index contributed by atoms with van der Waals surface area (Å²) >= 11 is 4.83. The zero-order valence-corrected chi connectivity index (χ0v) is 10.8. The number of carbonyl (C=O) groups is 1. The molecule has 0 saturated carbocycles. The van der Waals surface area contributed by atoms with Crippen LogP contribution in [-0.4, -0.2) is 56.2 Å². The highest BCUT2D eigenvalue weighted by Crippen LogP contribution is 1.95. The fourth-order valence-corrected chi connectivity index (χ4v) is 1.30. The fourth-order valence-electron chi connectivity index (χ4n) is 1.21. The molecule has 5 nitrogen and oxygen atoms in total. The maximum atomic E-state index is 11.1. The van der Waals surface area contributed by atoms with E-state index in [9.17, 15) is 4.79 Å². The van der Waals surface area contributed by atoms with Gasteiger partial charge in [-0.3, -0.25) is 4.79 Å². The normalized spacial score (nSPS) is 10.4. The molecule has 0 atom stereocenters. The molecule has 1 amide bonds. The molecular formula is C10H21N3O2S. The van der Waals surface area contributed by atoms with Crippen LogP contribution in [0.2, 0.25) is 0 Å². The molecule has 0 heterocycles. The molecule has 0 aromatic carbocycles. The SMILES string of the molecule is CNC(=O)CCN(CCOC)CCC(N)=S. The van der Waals surface area contributed by atoms with Gasteiger partial charge in [-0.2, -0.15) is 0 Å². The lowest BCUT2D eigenvalue weighted by Crippen LogP contribution is -2.34. The molecule has 0 unspecified atom stereocenters. The average Bonchev–Trinajstić information content (AvgIpc) is 2.27. The van der Waals surface area contributed by atoms with Crippen molar-refractivity contribution in [2.45, 2.75) is 12.8 Å². The molecule has 0 rings (SSSR count). The monoisotopic (exact) mass is 247 g/mol. The molecule has 0 saturated heterocycles. The Bertz CT molecular complexity index is 224. The van der Waals surface area contributed by atoms with E-state index in [4.69, 9.17) is 22.7 Å². The lowest BCUT2D eigenvalue weighted by Gasteiger charge is -2.21. The van der Waals surface area contributed by atoms with Crippen LogP contribution in [0.3, 0.4) is 0 Å². The van der Waals surface area contributed by atoms with Crippen molar-refractivity contribution in [1.29, 1.82) is 0 Å². The van der Waals surface area contributed by atoms with E-state index in [0.29, 0.717) is 31.0 Å². The van der Waals surface area contributed by atoms with Gasteiger partial charge >= 0.3 is 0 Å². The molecule has 0 bridgehead atoms. The minimum absolute atomic E-state index is 0.0396. The molecule has 0 aliphatic rings. The fraction of sp³-hybridized carbons (Fsp3) is 0.800. The van der Waals surface area contributed by atoms with E-state index in [2.05, 4.69) is 10.2 Å². The number of amides is 1. The second-order valence-corrected chi connectivity index (χ2v) is 4.00. The zero-order valence-electron chi connectivity index (χ0n) is 9.99. The van der Waals surface area contributed by atoms with Gasteiger partial charge in [-0.05, 0) is 0 Å². The van der Waals surface area contributed by atoms with Crippen molar-refractivity contribution in [3.05, 3.63) is 0 Å². The first-order chi connectivity index (χ1) is 7.60. The predicted octanol–water partition coefficient (Wildman–Crippen LogP) is -0.253. The van der Waals surface area contributed by atoms with E-state index in [0.717, 1.165) is 13.1 Å². The molecular weight excluding hydrogens is 226 g/mol. The van der Waals surface area contributed by atoms with Gasteiger partial charge in [-0.1, -0.05) is 12.2 Å². The molecule has 0 aliphatic heterocycles. The Labute approximate surface area is 102 Å². The third kappa shape index (κ3) is 8.58. The number of carbonyl (C=O) groups excluding carboxylic acids is 1. The van der Waals surface area contributed by atoms with Gasteiger partial charge in [0.2, 0.25) is 5.91 Å². The van der Waals surface area contributed by atoms with Crippen LogP contribution < -0.4 is 11.1 Å². The maximum Gasteiger partial charge on any atom is 0.221 e. The van der Waals surface area contributed by atoms with Crippen LogP contribution in [0.5, 0.6) is 0 Å². The number of hydrogen-bond acceptors (Lipinski definition) is 4. The van der Waals surface area contributed by atoms with Crippen LogP contribution in [0.1, 0.15) is 12.8 Å². The Kier molecular flexibility index (Phi) is 9.07. The zero-order chi connectivity index (χ0) is 12.4. The van der Waals surface area contributed by atoms with Crippen molar-refractivity contribution in [2.24, 2.45) is 5.73 Å². The first kappa shape index (κ1) is 15.3. The quantitative estimate of drug-likeness (QED) is 0.550. The number of nitrogens with zero attached hydrogens (tertiary/aromatic N) is 1. The number of nitrogens with one attached hydrogen (secondary N) is 1. The van der Waals surface area contributed by atoms with Crippen LogP contribution in [0.15, 0.2) is 0 Å². The molecule has 0 spiro atoms. The van der Waals surface area contributed by atoms with Crippen LogP contribution in [0.25, 0.3) is 0 Å². The number of nitrogens with two attached hydrogens (primary N) is 1. The van der Waals surface area contributed by atoms with Gasteiger partial charge in [0.15, 0.2) is 0 Å². The highest BCUT2D eigenvalue weighted by Gasteiger charge is 2.07. The van der Waals surface area contributed by atoms with Crippen molar-refractivity contribution in [2.75, 3.05) is 40.4 Å². The summed E-state index contributed by atoms with van der Waals surface area (Å²) in [6.45, 7) is 2.91. The van der Waals surface area contributed by atoms with Crippen molar-refractivity contribution in [3.8, 4) is 0 Å². The Hall–Kier alpha value is -0.720. The van der Waals surface area contributed by atoms with E-state index in [1.165, 1.54) is 0 Å². The number of rotatable bonds is 9. The standard InChI is InChI=1S/C10H21N3O2S/c1-12-10(14)4-6-13(7-8-15-2)5-3-9(11)16/h3-8H2,1-2H3,(H2,11,16)(H,12,14). The van der Waals surface area contributed by atoms with E-state index in [1.54, 1.807) is 14.2 Å². The van der Waals surface area contributed by atoms with Crippen molar-refractivity contribution >= 4 is 23.1 Å². The summed E-state index contributed by atoms with van der Waals surface area (Å²) in [5.74, 6) is 0.0396. The van der Waals surface area contributed by atoms with Crippen molar-refractivity contribution < 1.29 is 9.53 Å². The van der Waals surface area contributed by atoms with E-state index in [-0.39, 0.29) is 5.91 Å². The summed E-state index contributed by atoms with van der Waals surface area (Å²) in [6, 6.07) is 0. The minimum Gasteiger partial charge on any atom is -0.393 e. The number of methoxy groups -OCH3 is 1. The van der Waals surface area contributed by atoms with Crippen LogP contribution in [0.4, 0.5) is 0 Å². The van der Waals surface area contributed by atoms with Gasteiger partial charge in [0.25, 0.3) is 0 Å². The Morgan fingerprint density at radius 2 is 2.00 bits per heavy atom. The molecule has 0 radical (unpaired) electrons. The molecule has 94 valence electrons. The molecule has 0 aromatic heterocycles. The molecule has 16 heavy (non-hydrogen) atoms. The Morgan fingerprint density at radius 3 is 2.50 bits per heavy atom. The Morgan fingerprint density at radius 1 is 1.38 bits per heavy atom. The second-order valence-electron chi connectivity index (χ2n) is 3.47. The summed E-state index contributed by atoms with van der Waals surface area (Å²) in [7, 11) is 3.29. The Balaban J connectivity index is 3.88. The van der Waals surface area contributed by atoms with Gasteiger partial charge in [0.1, 0.15) is 0 Å². The van der Waals surface area contributed by atoms with E-state index < -0.39 is 0 Å². The summed E-state index contributed by atoms with van der Waals surface area (Å²) < 4.78 is 5.01. The molecule has 6 heteroatoms. The van der Waals surface area contributed by atoms with Crippen molar-refractivity contribution in [1.82, 2.24) is 10.2 Å². The van der Waals surface area contributed by atoms with Crippen LogP contribution in [-0.2, 0) is 9.53 Å². The first-order valence-electron chi connectivity index (χ1n) is 5.30. The lowest BCUT2D eigenvalue weighted by molar-refractivity contribution is -0.120.